The average molecular weight is 289 g/mol. The van der Waals surface area contributed by atoms with Crippen molar-refractivity contribution < 1.29 is 4.79 Å². The first-order chi connectivity index (χ1) is 10.2. The van der Waals surface area contributed by atoms with Gasteiger partial charge in [-0.1, -0.05) is 32.0 Å². The van der Waals surface area contributed by atoms with E-state index in [1.165, 1.54) is 11.3 Å². The second-order valence-electron chi connectivity index (χ2n) is 5.72. The monoisotopic (exact) mass is 289 g/mol. The van der Waals surface area contributed by atoms with Crippen LogP contribution in [-0.4, -0.2) is 38.6 Å². The molecule has 2 rings (SSSR count). The molecule has 4 heteroatoms. The lowest BCUT2D eigenvalue weighted by atomic mass is 10.1. The van der Waals surface area contributed by atoms with Crippen molar-refractivity contribution in [1.29, 1.82) is 0 Å². The fraction of sp³-hybridized carbons (Fsp3) is 0.588. The van der Waals surface area contributed by atoms with E-state index in [2.05, 4.69) is 46.7 Å². The van der Waals surface area contributed by atoms with Crippen LogP contribution in [0.5, 0.6) is 0 Å². The first-order valence-electron chi connectivity index (χ1n) is 8.03. The van der Waals surface area contributed by atoms with Gasteiger partial charge < -0.3 is 15.5 Å². The number of anilines is 1. The minimum absolute atomic E-state index is 0.0393. The van der Waals surface area contributed by atoms with E-state index in [1.54, 1.807) is 0 Å². The highest BCUT2D eigenvalue weighted by Crippen LogP contribution is 2.27. The van der Waals surface area contributed by atoms with Gasteiger partial charge in [-0.3, -0.25) is 4.79 Å². The molecule has 21 heavy (non-hydrogen) atoms. The van der Waals surface area contributed by atoms with Crippen LogP contribution in [0.4, 0.5) is 5.69 Å². The van der Waals surface area contributed by atoms with E-state index in [0.717, 1.165) is 45.6 Å². The van der Waals surface area contributed by atoms with Gasteiger partial charge in [0.2, 0.25) is 5.91 Å². The van der Waals surface area contributed by atoms with E-state index < -0.39 is 0 Å². The highest BCUT2D eigenvalue weighted by molar-refractivity contribution is 5.78. The Morgan fingerprint density at radius 3 is 3.00 bits per heavy atom. The largest absolute Gasteiger partial charge is 0.371 e. The Hall–Kier alpha value is -1.55. The highest BCUT2D eigenvalue weighted by atomic mass is 16.1. The summed E-state index contributed by atoms with van der Waals surface area (Å²) in [5, 5.41) is 6.24. The molecule has 1 amide bonds. The number of para-hydroxylation sites is 1. The molecule has 1 heterocycles. The number of carbonyl (C=O) groups is 1. The topological polar surface area (TPSA) is 44.4 Å². The van der Waals surface area contributed by atoms with Gasteiger partial charge in [-0.15, -0.1) is 0 Å². The predicted octanol–water partition coefficient (Wildman–Crippen LogP) is 1.80. The van der Waals surface area contributed by atoms with Gasteiger partial charge in [-0.25, -0.2) is 0 Å². The highest BCUT2D eigenvalue weighted by Gasteiger charge is 2.17. The summed E-state index contributed by atoms with van der Waals surface area (Å²) in [4.78, 5) is 14.3. The molecule has 0 saturated carbocycles. The van der Waals surface area contributed by atoms with Crippen LogP contribution >= 0.6 is 0 Å². The van der Waals surface area contributed by atoms with Crippen LogP contribution in [0.15, 0.2) is 24.3 Å². The molecule has 1 atom stereocenters. The van der Waals surface area contributed by atoms with Gasteiger partial charge in [0.15, 0.2) is 0 Å². The van der Waals surface area contributed by atoms with Gasteiger partial charge in [0.1, 0.15) is 0 Å². The van der Waals surface area contributed by atoms with E-state index in [-0.39, 0.29) is 11.8 Å². The van der Waals surface area contributed by atoms with Crippen LogP contribution in [0, 0.1) is 5.92 Å². The molecule has 0 bridgehead atoms. The Kier molecular flexibility index (Phi) is 6.05. The molecule has 1 unspecified atom stereocenters. The molecule has 0 saturated heterocycles. The summed E-state index contributed by atoms with van der Waals surface area (Å²) in [7, 11) is 0. The quantitative estimate of drug-likeness (QED) is 0.717. The molecule has 4 nitrogen and oxygen atoms in total. The summed E-state index contributed by atoms with van der Waals surface area (Å²) >= 11 is 0. The molecule has 1 aromatic carbocycles. The lowest BCUT2D eigenvalue weighted by Crippen LogP contribution is -2.36. The molecule has 0 radical (unpaired) electrons. The number of amides is 1. The van der Waals surface area contributed by atoms with E-state index in [9.17, 15) is 4.79 Å². The summed E-state index contributed by atoms with van der Waals surface area (Å²) in [5.74, 6) is 0.190. The Labute approximate surface area is 127 Å². The van der Waals surface area contributed by atoms with Gasteiger partial charge in [0.25, 0.3) is 0 Å². The first-order valence-corrected chi connectivity index (χ1v) is 8.03. The number of benzene rings is 1. The normalized spacial score (nSPS) is 14.9. The van der Waals surface area contributed by atoms with Crippen molar-refractivity contribution in [3.63, 3.8) is 0 Å². The van der Waals surface area contributed by atoms with E-state index in [1.807, 2.05) is 6.92 Å². The number of rotatable bonds is 8. The molecular formula is C17H27N3O. The number of hydrogen-bond donors (Lipinski definition) is 2. The molecule has 2 N–H and O–H groups in total. The van der Waals surface area contributed by atoms with Crippen molar-refractivity contribution >= 4 is 11.6 Å². The molecule has 0 aromatic heterocycles. The van der Waals surface area contributed by atoms with Gasteiger partial charge in [-0.2, -0.15) is 0 Å². The molecule has 1 aromatic rings. The van der Waals surface area contributed by atoms with E-state index in [4.69, 9.17) is 0 Å². The first kappa shape index (κ1) is 15.8. The third kappa shape index (κ3) is 4.46. The molecular weight excluding hydrogens is 262 g/mol. The van der Waals surface area contributed by atoms with Crippen molar-refractivity contribution in [2.24, 2.45) is 5.92 Å². The molecule has 0 fully saturated rings. The lowest BCUT2D eigenvalue weighted by Gasteiger charge is -2.19. The zero-order valence-corrected chi connectivity index (χ0v) is 13.2. The zero-order valence-electron chi connectivity index (χ0n) is 13.2. The zero-order chi connectivity index (χ0) is 15.1. The SMILES string of the molecule is CCNCC(C)C(=O)NCCCN1CCc2ccccc21. The maximum Gasteiger partial charge on any atom is 0.224 e. The van der Waals surface area contributed by atoms with Gasteiger partial charge in [0.05, 0.1) is 0 Å². The van der Waals surface area contributed by atoms with Crippen molar-refractivity contribution in [2.45, 2.75) is 26.7 Å². The summed E-state index contributed by atoms with van der Waals surface area (Å²) in [6.07, 6.45) is 2.14. The van der Waals surface area contributed by atoms with Crippen LogP contribution < -0.4 is 15.5 Å². The number of nitrogens with one attached hydrogen (secondary N) is 2. The van der Waals surface area contributed by atoms with Crippen LogP contribution in [0.25, 0.3) is 0 Å². The summed E-state index contributed by atoms with van der Waals surface area (Å²) < 4.78 is 0. The Morgan fingerprint density at radius 2 is 2.19 bits per heavy atom. The third-order valence-electron chi connectivity index (χ3n) is 4.04. The minimum atomic E-state index is 0.0393. The lowest BCUT2D eigenvalue weighted by molar-refractivity contribution is -0.124. The van der Waals surface area contributed by atoms with Gasteiger partial charge in [0, 0.05) is 37.8 Å². The fourth-order valence-corrected chi connectivity index (χ4v) is 2.75. The number of nitrogens with zero attached hydrogens (tertiary/aromatic N) is 1. The minimum Gasteiger partial charge on any atom is -0.371 e. The second kappa shape index (κ2) is 8.03. The molecule has 1 aliphatic rings. The predicted molar refractivity (Wildman–Crippen MR) is 87.7 cm³/mol. The maximum absolute atomic E-state index is 11.9. The third-order valence-corrected chi connectivity index (χ3v) is 4.04. The van der Waals surface area contributed by atoms with Gasteiger partial charge in [-0.05, 0) is 31.0 Å². The summed E-state index contributed by atoms with van der Waals surface area (Å²) in [6.45, 7) is 8.55. The summed E-state index contributed by atoms with van der Waals surface area (Å²) in [5.41, 5.74) is 2.81. The molecule has 1 aliphatic heterocycles. The average Bonchev–Trinajstić information content (AvgIpc) is 2.92. The molecule has 116 valence electrons. The van der Waals surface area contributed by atoms with Crippen LogP contribution in [0.2, 0.25) is 0 Å². The Bertz CT molecular complexity index is 461. The van der Waals surface area contributed by atoms with E-state index in [0.29, 0.717) is 0 Å². The van der Waals surface area contributed by atoms with Gasteiger partial charge >= 0.3 is 0 Å². The Morgan fingerprint density at radius 1 is 1.38 bits per heavy atom. The maximum atomic E-state index is 11.9. The van der Waals surface area contributed by atoms with E-state index >= 15 is 0 Å². The number of hydrogen-bond acceptors (Lipinski definition) is 3. The van der Waals surface area contributed by atoms with Crippen molar-refractivity contribution in [1.82, 2.24) is 10.6 Å². The number of carbonyl (C=O) groups excluding carboxylic acids is 1. The molecule has 0 spiro atoms. The molecule has 0 aliphatic carbocycles. The van der Waals surface area contributed by atoms with Crippen LogP contribution in [0.1, 0.15) is 25.8 Å². The standard InChI is InChI=1S/C17H27N3O/c1-3-18-13-14(2)17(21)19-10-6-11-20-12-9-15-7-4-5-8-16(15)20/h4-5,7-8,14,18H,3,6,9-13H2,1-2H3,(H,19,21). The smallest absolute Gasteiger partial charge is 0.224 e. The van der Waals surface area contributed by atoms with Crippen LogP contribution in [-0.2, 0) is 11.2 Å². The van der Waals surface area contributed by atoms with Crippen molar-refractivity contribution in [3.8, 4) is 0 Å². The van der Waals surface area contributed by atoms with Crippen molar-refractivity contribution in [2.75, 3.05) is 37.6 Å². The van der Waals surface area contributed by atoms with Crippen LogP contribution in [0.3, 0.4) is 0 Å². The fourth-order valence-electron chi connectivity index (χ4n) is 2.75. The Balaban J connectivity index is 1.66. The number of fused-ring (bicyclic) bond motifs is 1. The second-order valence-corrected chi connectivity index (χ2v) is 5.72. The summed E-state index contributed by atoms with van der Waals surface area (Å²) in [6, 6.07) is 8.61. The van der Waals surface area contributed by atoms with Crippen molar-refractivity contribution in [3.05, 3.63) is 29.8 Å².